The number of nitrogens with zero attached hydrogens (tertiary/aromatic N) is 4. The Kier molecular flexibility index (Phi) is 3.82. The standard InChI is InChI=1S/C17H16ClFN6/c18-11-6-7-14(13(20)8-11)24(21)17-22-16-12(19)9-15(25(16)23-17)10-4-2-1-3-5-10/h1-8,12,15H,9,20-21H2. The Bertz CT molecular complexity index is 913. The Labute approximate surface area is 148 Å². The summed E-state index contributed by atoms with van der Waals surface area (Å²) >= 11 is 5.91. The minimum absolute atomic E-state index is 0.187. The quantitative estimate of drug-likeness (QED) is 0.425. The Morgan fingerprint density at radius 2 is 1.96 bits per heavy atom. The third kappa shape index (κ3) is 2.71. The van der Waals surface area contributed by atoms with Crippen LogP contribution in [0.3, 0.4) is 0 Å². The molecule has 0 spiro atoms. The molecule has 0 saturated heterocycles. The summed E-state index contributed by atoms with van der Waals surface area (Å²) in [5.74, 6) is 6.56. The van der Waals surface area contributed by atoms with Crippen molar-refractivity contribution in [1.29, 1.82) is 0 Å². The maximum absolute atomic E-state index is 14.4. The van der Waals surface area contributed by atoms with Gasteiger partial charge in [-0.1, -0.05) is 41.9 Å². The lowest BCUT2D eigenvalue weighted by Gasteiger charge is -2.17. The molecule has 0 saturated carbocycles. The summed E-state index contributed by atoms with van der Waals surface area (Å²) in [5, 5.41) is 6.16. The molecule has 1 aliphatic rings. The van der Waals surface area contributed by atoms with Gasteiger partial charge >= 0.3 is 0 Å². The Morgan fingerprint density at radius 3 is 2.68 bits per heavy atom. The summed E-state index contributed by atoms with van der Waals surface area (Å²) in [6.45, 7) is 0. The fourth-order valence-corrected chi connectivity index (χ4v) is 3.26. The second kappa shape index (κ2) is 6.02. The highest BCUT2D eigenvalue weighted by atomic mass is 35.5. The van der Waals surface area contributed by atoms with Crippen LogP contribution in [0.2, 0.25) is 5.02 Å². The van der Waals surface area contributed by atoms with Gasteiger partial charge in [-0.15, -0.1) is 5.10 Å². The van der Waals surface area contributed by atoms with Crippen LogP contribution in [0.5, 0.6) is 0 Å². The summed E-state index contributed by atoms with van der Waals surface area (Å²) < 4.78 is 16.0. The molecule has 128 valence electrons. The first kappa shape index (κ1) is 15.9. The van der Waals surface area contributed by atoms with Gasteiger partial charge in [-0.25, -0.2) is 19.9 Å². The molecule has 8 heteroatoms. The van der Waals surface area contributed by atoms with E-state index in [0.29, 0.717) is 22.8 Å². The van der Waals surface area contributed by atoms with E-state index in [2.05, 4.69) is 10.1 Å². The minimum atomic E-state index is -1.19. The molecule has 2 unspecified atom stereocenters. The summed E-state index contributed by atoms with van der Waals surface area (Å²) in [4.78, 5) is 4.28. The predicted octanol–water partition coefficient (Wildman–Crippen LogP) is 3.53. The van der Waals surface area contributed by atoms with Gasteiger partial charge in [0.15, 0.2) is 12.0 Å². The summed E-state index contributed by atoms with van der Waals surface area (Å²) in [7, 11) is 0. The molecule has 25 heavy (non-hydrogen) atoms. The highest BCUT2D eigenvalue weighted by molar-refractivity contribution is 6.31. The fourth-order valence-electron chi connectivity index (χ4n) is 3.07. The number of nitrogen functional groups attached to an aromatic ring is 1. The van der Waals surface area contributed by atoms with Gasteiger partial charge in [0.1, 0.15) is 0 Å². The minimum Gasteiger partial charge on any atom is -0.397 e. The van der Waals surface area contributed by atoms with Crippen molar-refractivity contribution in [3.8, 4) is 0 Å². The van der Waals surface area contributed by atoms with Gasteiger partial charge in [0, 0.05) is 11.4 Å². The number of halogens is 2. The molecule has 0 aliphatic carbocycles. The van der Waals surface area contributed by atoms with Crippen molar-refractivity contribution >= 4 is 28.9 Å². The number of nitrogens with two attached hydrogens (primary N) is 2. The van der Waals surface area contributed by atoms with Gasteiger partial charge in [-0.05, 0) is 23.8 Å². The molecule has 1 aromatic heterocycles. The summed E-state index contributed by atoms with van der Waals surface area (Å²) in [6, 6.07) is 14.4. The largest absolute Gasteiger partial charge is 0.397 e. The van der Waals surface area contributed by atoms with E-state index in [4.69, 9.17) is 23.2 Å². The molecule has 0 fully saturated rings. The van der Waals surface area contributed by atoms with Gasteiger partial charge in [-0.3, -0.25) is 0 Å². The number of hydrogen-bond donors (Lipinski definition) is 2. The number of benzene rings is 2. The van der Waals surface area contributed by atoms with E-state index < -0.39 is 6.17 Å². The number of hydrogen-bond acceptors (Lipinski definition) is 5. The Hall–Kier alpha value is -2.64. The molecule has 2 aromatic carbocycles. The first-order chi connectivity index (χ1) is 12.0. The molecule has 0 amide bonds. The van der Waals surface area contributed by atoms with Crippen LogP contribution in [0.1, 0.15) is 30.0 Å². The second-order valence-corrected chi connectivity index (χ2v) is 6.35. The van der Waals surface area contributed by atoms with Crippen molar-refractivity contribution in [1.82, 2.24) is 14.8 Å². The lowest BCUT2D eigenvalue weighted by Crippen LogP contribution is -2.27. The van der Waals surface area contributed by atoms with Crippen LogP contribution >= 0.6 is 11.6 Å². The molecule has 4 N–H and O–H groups in total. The van der Waals surface area contributed by atoms with Crippen molar-refractivity contribution in [3.05, 3.63) is 64.9 Å². The number of rotatable bonds is 3. The topological polar surface area (TPSA) is 86.0 Å². The number of alkyl halides is 1. The van der Waals surface area contributed by atoms with E-state index >= 15 is 0 Å². The number of fused-ring (bicyclic) bond motifs is 1. The fraction of sp³-hybridized carbons (Fsp3) is 0.176. The third-order valence-corrected chi connectivity index (χ3v) is 4.54. The monoisotopic (exact) mass is 358 g/mol. The van der Waals surface area contributed by atoms with Crippen LogP contribution in [0.4, 0.5) is 21.7 Å². The molecule has 2 atom stereocenters. The van der Waals surface area contributed by atoms with Crippen molar-refractivity contribution < 1.29 is 4.39 Å². The Balaban J connectivity index is 1.71. The van der Waals surface area contributed by atoms with E-state index in [1.807, 2.05) is 30.3 Å². The second-order valence-electron chi connectivity index (χ2n) is 5.92. The van der Waals surface area contributed by atoms with E-state index in [9.17, 15) is 4.39 Å². The van der Waals surface area contributed by atoms with Gasteiger partial charge in [-0.2, -0.15) is 4.98 Å². The first-order valence-electron chi connectivity index (χ1n) is 7.80. The average Bonchev–Trinajstić information content (AvgIpc) is 3.16. The zero-order valence-corrected chi connectivity index (χ0v) is 13.9. The maximum atomic E-state index is 14.4. The lowest BCUT2D eigenvalue weighted by molar-refractivity contribution is 0.328. The van der Waals surface area contributed by atoms with Crippen molar-refractivity contribution in [2.24, 2.45) is 5.84 Å². The molecular formula is C17H16ClFN6. The molecule has 4 rings (SSSR count). The highest BCUT2D eigenvalue weighted by Gasteiger charge is 2.36. The predicted molar refractivity (Wildman–Crippen MR) is 95.3 cm³/mol. The SMILES string of the molecule is Nc1cc(Cl)ccc1N(N)c1nc2n(n1)C(c1ccccc1)CC2F. The van der Waals surface area contributed by atoms with Crippen molar-refractivity contribution in [3.63, 3.8) is 0 Å². The molecule has 6 nitrogen and oxygen atoms in total. The van der Waals surface area contributed by atoms with Gasteiger partial charge in [0.05, 0.1) is 17.4 Å². The van der Waals surface area contributed by atoms with Gasteiger partial charge < -0.3 is 5.73 Å². The van der Waals surface area contributed by atoms with E-state index in [-0.39, 0.29) is 17.8 Å². The zero-order chi connectivity index (χ0) is 17.6. The summed E-state index contributed by atoms with van der Waals surface area (Å²) in [5.41, 5.74) is 7.83. The maximum Gasteiger partial charge on any atom is 0.264 e. The number of hydrazine groups is 1. The summed E-state index contributed by atoms with van der Waals surface area (Å²) in [6.07, 6.45) is -0.879. The van der Waals surface area contributed by atoms with Gasteiger partial charge in [0.25, 0.3) is 5.95 Å². The van der Waals surface area contributed by atoms with E-state index in [1.165, 1.54) is 5.01 Å². The Morgan fingerprint density at radius 1 is 1.20 bits per heavy atom. The van der Waals surface area contributed by atoms with E-state index in [1.54, 1.807) is 22.9 Å². The number of aromatic nitrogens is 3. The van der Waals surface area contributed by atoms with Crippen molar-refractivity contribution in [2.45, 2.75) is 18.6 Å². The molecule has 3 aromatic rings. The van der Waals surface area contributed by atoms with Crippen LogP contribution in [0.25, 0.3) is 0 Å². The first-order valence-corrected chi connectivity index (χ1v) is 8.17. The normalized spacial score (nSPS) is 19.0. The lowest BCUT2D eigenvalue weighted by atomic mass is 10.0. The molecule has 0 radical (unpaired) electrons. The van der Waals surface area contributed by atoms with Crippen LogP contribution in [0, 0.1) is 0 Å². The van der Waals surface area contributed by atoms with E-state index in [0.717, 1.165) is 5.56 Å². The molecule has 0 bridgehead atoms. The molecular weight excluding hydrogens is 343 g/mol. The van der Waals surface area contributed by atoms with Gasteiger partial charge in [0.2, 0.25) is 0 Å². The van der Waals surface area contributed by atoms with Crippen LogP contribution in [-0.2, 0) is 0 Å². The van der Waals surface area contributed by atoms with Crippen molar-refractivity contribution in [2.75, 3.05) is 10.7 Å². The molecule has 2 heterocycles. The molecule has 1 aliphatic heterocycles. The third-order valence-electron chi connectivity index (χ3n) is 4.30. The van der Waals surface area contributed by atoms with Crippen LogP contribution in [-0.4, -0.2) is 14.8 Å². The van der Waals surface area contributed by atoms with Crippen LogP contribution < -0.4 is 16.6 Å². The average molecular weight is 359 g/mol. The smallest absolute Gasteiger partial charge is 0.264 e. The van der Waals surface area contributed by atoms with Crippen LogP contribution in [0.15, 0.2) is 48.5 Å². The highest BCUT2D eigenvalue weighted by Crippen LogP contribution is 2.40. The number of anilines is 3. The zero-order valence-electron chi connectivity index (χ0n) is 13.2.